The normalized spacial score (nSPS) is 12.2. The third kappa shape index (κ3) is 4.49. The molecule has 1 amide bonds. The van der Waals surface area contributed by atoms with Crippen molar-refractivity contribution in [2.75, 3.05) is 18.9 Å². The van der Waals surface area contributed by atoms with Crippen molar-refractivity contribution >= 4 is 11.6 Å². The van der Waals surface area contributed by atoms with Crippen molar-refractivity contribution < 1.29 is 4.79 Å². The monoisotopic (exact) mass is 248 g/mol. The molecule has 3 nitrogen and oxygen atoms in total. The lowest BCUT2D eigenvalue weighted by molar-refractivity contribution is -0.119. The molecular weight excluding hydrogens is 224 g/mol. The summed E-state index contributed by atoms with van der Waals surface area (Å²) in [5, 5.41) is 6.02. The van der Waals surface area contributed by atoms with Crippen molar-refractivity contribution in [1.29, 1.82) is 0 Å². The van der Waals surface area contributed by atoms with Crippen LogP contribution in [0.1, 0.15) is 32.3 Å². The Kier molecular flexibility index (Phi) is 6.44. The van der Waals surface area contributed by atoms with Crippen molar-refractivity contribution in [2.24, 2.45) is 5.92 Å². The van der Waals surface area contributed by atoms with Gasteiger partial charge in [0.1, 0.15) is 0 Å². The average Bonchev–Trinajstić information content (AvgIpc) is 2.38. The van der Waals surface area contributed by atoms with Gasteiger partial charge in [-0.25, -0.2) is 0 Å². The molecule has 0 aliphatic rings. The van der Waals surface area contributed by atoms with Crippen molar-refractivity contribution in [1.82, 2.24) is 5.32 Å². The third-order valence-electron chi connectivity index (χ3n) is 3.07. The fourth-order valence-electron chi connectivity index (χ4n) is 1.96. The van der Waals surface area contributed by atoms with Gasteiger partial charge in [-0.1, -0.05) is 32.4 Å². The molecule has 1 aromatic rings. The molecule has 2 N–H and O–H groups in total. The summed E-state index contributed by atoms with van der Waals surface area (Å²) in [6, 6.07) is 8.13. The minimum absolute atomic E-state index is 0.0327. The summed E-state index contributed by atoms with van der Waals surface area (Å²) in [5.74, 6) is 0.125. The molecule has 0 aliphatic heterocycles. The molecule has 18 heavy (non-hydrogen) atoms. The maximum atomic E-state index is 12.0. The molecule has 1 unspecified atom stereocenters. The highest BCUT2D eigenvalue weighted by Crippen LogP contribution is 2.13. The number of aryl methyl sites for hydroxylation is 1. The summed E-state index contributed by atoms with van der Waals surface area (Å²) in [4.78, 5) is 12.0. The number of carbonyl (C=O) groups excluding carboxylic acids is 1. The van der Waals surface area contributed by atoms with Gasteiger partial charge in [-0.3, -0.25) is 4.79 Å². The van der Waals surface area contributed by atoms with Crippen LogP contribution < -0.4 is 10.6 Å². The van der Waals surface area contributed by atoms with E-state index in [9.17, 15) is 4.79 Å². The number of nitrogens with one attached hydrogen (secondary N) is 2. The molecule has 0 bridgehead atoms. The first-order valence-corrected chi connectivity index (χ1v) is 6.75. The standard InChI is InChI=1S/C15H24N2O/c1-4-6-12-7-9-14(10-8-12)17-15(18)13(5-2)11-16-3/h7-10,13,16H,4-6,11H2,1-3H3,(H,17,18). The molecular formula is C15H24N2O. The van der Waals surface area contributed by atoms with E-state index >= 15 is 0 Å². The van der Waals surface area contributed by atoms with Crippen LogP contribution in [-0.2, 0) is 11.2 Å². The Balaban J connectivity index is 2.58. The van der Waals surface area contributed by atoms with E-state index < -0.39 is 0 Å². The molecule has 1 rings (SSSR count). The maximum Gasteiger partial charge on any atom is 0.228 e. The Labute approximate surface area is 110 Å². The average molecular weight is 248 g/mol. The van der Waals surface area contributed by atoms with Gasteiger partial charge >= 0.3 is 0 Å². The Morgan fingerprint density at radius 2 is 1.89 bits per heavy atom. The molecule has 0 radical (unpaired) electrons. The molecule has 100 valence electrons. The number of anilines is 1. The van der Waals surface area contributed by atoms with Crippen molar-refractivity contribution in [2.45, 2.75) is 33.1 Å². The second kappa shape index (κ2) is 7.88. The Morgan fingerprint density at radius 3 is 2.39 bits per heavy atom. The minimum atomic E-state index is 0.0327. The predicted octanol–water partition coefficient (Wildman–Crippen LogP) is 2.82. The zero-order chi connectivity index (χ0) is 13.4. The topological polar surface area (TPSA) is 41.1 Å². The van der Waals surface area contributed by atoms with Gasteiger partial charge in [-0.2, -0.15) is 0 Å². The lowest BCUT2D eigenvalue weighted by Gasteiger charge is -2.14. The van der Waals surface area contributed by atoms with Gasteiger partial charge in [0.15, 0.2) is 0 Å². The molecule has 0 spiro atoms. The fraction of sp³-hybridized carbons (Fsp3) is 0.533. The summed E-state index contributed by atoms with van der Waals surface area (Å²) in [6.45, 7) is 4.92. The van der Waals surface area contributed by atoms with Gasteiger partial charge in [-0.05, 0) is 37.6 Å². The molecule has 0 aromatic heterocycles. The Bertz CT molecular complexity index is 359. The summed E-state index contributed by atoms with van der Waals surface area (Å²) in [7, 11) is 1.87. The molecule has 1 aromatic carbocycles. The lowest BCUT2D eigenvalue weighted by Crippen LogP contribution is -2.30. The number of hydrogen-bond donors (Lipinski definition) is 2. The van der Waals surface area contributed by atoms with E-state index in [0.29, 0.717) is 0 Å². The first-order valence-electron chi connectivity index (χ1n) is 6.75. The van der Waals surface area contributed by atoms with Gasteiger partial charge in [0.2, 0.25) is 5.91 Å². The first kappa shape index (κ1) is 14.7. The zero-order valence-electron chi connectivity index (χ0n) is 11.6. The fourth-order valence-corrected chi connectivity index (χ4v) is 1.96. The molecule has 0 saturated carbocycles. The molecule has 0 aliphatic carbocycles. The van der Waals surface area contributed by atoms with Gasteiger partial charge in [0.25, 0.3) is 0 Å². The van der Waals surface area contributed by atoms with Crippen LogP contribution in [0.15, 0.2) is 24.3 Å². The van der Waals surface area contributed by atoms with Crippen LogP contribution in [-0.4, -0.2) is 19.5 Å². The maximum absolute atomic E-state index is 12.0. The van der Waals surface area contributed by atoms with E-state index in [2.05, 4.69) is 29.7 Å². The van der Waals surface area contributed by atoms with Crippen LogP contribution in [0.3, 0.4) is 0 Å². The highest BCUT2D eigenvalue weighted by Gasteiger charge is 2.15. The van der Waals surface area contributed by atoms with E-state index in [0.717, 1.165) is 31.5 Å². The van der Waals surface area contributed by atoms with Gasteiger partial charge < -0.3 is 10.6 Å². The van der Waals surface area contributed by atoms with Crippen LogP contribution >= 0.6 is 0 Å². The number of rotatable bonds is 7. The van der Waals surface area contributed by atoms with Gasteiger partial charge in [0.05, 0.1) is 5.92 Å². The first-order chi connectivity index (χ1) is 8.71. The van der Waals surface area contributed by atoms with E-state index in [1.165, 1.54) is 5.56 Å². The molecule has 0 saturated heterocycles. The summed E-state index contributed by atoms with van der Waals surface area (Å²) in [6.07, 6.45) is 3.08. The van der Waals surface area contributed by atoms with Crippen LogP contribution in [0.5, 0.6) is 0 Å². The highest BCUT2D eigenvalue weighted by molar-refractivity contribution is 5.92. The summed E-state index contributed by atoms with van der Waals surface area (Å²) in [5.41, 5.74) is 2.20. The Hall–Kier alpha value is -1.35. The largest absolute Gasteiger partial charge is 0.326 e. The Morgan fingerprint density at radius 1 is 1.22 bits per heavy atom. The van der Waals surface area contributed by atoms with Crippen LogP contribution in [0.25, 0.3) is 0 Å². The predicted molar refractivity (Wildman–Crippen MR) is 76.8 cm³/mol. The van der Waals surface area contributed by atoms with E-state index in [1.54, 1.807) is 0 Å². The van der Waals surface area contributed by atoms with Crippen LogP contribution in [0.2, 0.25) is 0 Å². The van der Waals surface area contributed by atoms with Crippen LogP contribution in [0.4, 0.5) is 5.69 Å². The minimum Gasteiger partial charge on any atom is -0.326 e. The van der Waals surface area contributed by atoms with E-state index in [-0.39, 0.29) is 11.8 Å². The second-order valence-electron chi connectivity index (χ2n) is 4.60. The van der Waals surface area contributed by atoms with Gasteiger partial charge in [-0.15, -0.1) is 0 Å². The molecule has 0 heterocycles. The quantitative estimate of drug-likeness (QED) is 0.779. The number of amides is 1. The molecule has 0 fully saturated rings. The number of carbonyl (C=O) groups is 1. The summed E-state index contributed by atoms with van der Waals surface area (Å²) >= 11 is 0. The SMILES string of the molecule is CCCc1ccc(NC(=O)C(CC)CNC)cc1. The second-order valence-corrected chi connectivity index (χ2v) is 4.60. The molecule has 3 heteroatoms. The van der Waals surface area contributed by atoms with E-state index in [1.807, 2.05) is 26.1 Å². The number of hydrogen-bond acceptors (Lipinski definition) is 2. The van der Waals surface area contributed by atoms with E-state index in [4.69, 9.17) is 0 Å². The van der Waals surface area contributed by atoms with Gasteiger partial charge in [0, 0.05) is 12.2 Å². The number of benzene rings is 1. The highest BCUT2D eigenvalue weighted by atomic mass is 16.1. The third-order valence-corrected chi connectivity index (χ3v) is 3.07. The lowest BCUT2D eigenvalue weighted by atomic mass is 10.1. The van der Waals surface area contributed by atoms with Crippen molar-refractivity contribution in [3.05, 3.63) is 29.8 Å². The smallest absolute Gasteiger partial charge is 0.228 e. The van der Waals surface area contributed by atoms with Crippen molar-refractivity contribution in [3.8, 4) is 0 Å². The summed E-state index contributed by atoms with van der Waals surface area (Å²) < 4.78 is 0. The zero-order valence-corrected chi connectivity index (χ0v) is 11.6. The molecule has 1 atom stereocenters. The van der Waals surface area contributed by atoms with Crippen molar-refractivity contribution in [3.63, 3.8) is 0 Å². The van der Waals surface area contributed by atoms with Crippen LogP contribution in [0, 0.1) is 5.92 Å².